The highest BCUT2D eigenvalue weighted by Crippen LogP contribution is 2.30. The molecule has 0 unspecified atom stereocenters. The van der Waals surface area contributed by atoms with Gasteiger partial charge >= 0.3 is 5.97 Å². The number of benzene rings is 1. The summed E-state index contributed by atoms with van der Waals surface area (Å²) in [4.78, 5) is 11.0. The first-order chi connectivity index (χ1) is 7.97. The molecule has 0 saturated carbocycles. The fourth-order valence-corrected chi connectivity index (χ4v) is 1.64. The molecule has 17 heavy (non-hydrogen) atoms. The molecule has 0 saturated heterocycles. The van der Waals surface area contributed by atoms with Gasteiger partial charge in [0.05, 0.1) is 0 Å². The fourth-order valence-electron chi connectivity index (χ4n) is 1.64. The Balaban J connectivity index is 3.30. The van der Waals surface area contributed by atoms with E-state index in [4.69, 9.17) is 4.74 Å². The number of rotatable bonds is 4. The second-order valence-corrected chi connectivity index (χ2v) is 3.73. The third-order valence-electron chi connectivity index (χ3n) is 2.42. The lowest BCUT2D eigenvalue weighted by Gasteiger charge is -2.15. The van der Waals surface area contributed by atoms with Crippen LogP contribution >= 0.6 is 0 Å². The molecular formula is C13H16O4. The summed E-state index contributed by atoms with van der Waals surface area (Å²) in [5.41, 5.74) is 1.67. The summed E-state index contributed by atoms with van der Waals surface area (Å²) in [6.07, 6.45) is 0.657. The van der Waals surface area contributed by atoms with Crippen LogP contribution < -0.4 is 4.74 Å². The molecule has 0 aromatic heterocycles. The molecule has 1 rings (SSSR count). The summed E-state index contributed by atoms with van der Waals surface area (Å²) in [5.74, 6) is -0.0639. The Morgan fingerprint density at radius 3 is 2.65 bits per heavy atom. The average Bonchev–Trinajstić information content (AvgIpc) is 2.22. The van der Waals surface area contributed by atoms with Crippen molar-refractivity contribution in [1.29, 1.82) is 0 Å². The van der Waals surface area contributed by atoms with E-state index in [0.29, 0.717) is 23.3 Å². The van der Waals surface area contributed by atoms with Gasteiger partial charge in [0.25, 0.3) is 0 Å². The summed E-state index contributed by atoms with van der Waals surface area (Å²) in [7, 11) is 0. The number of aliphatic hydroxyl groups excluding tert-OH is 1. The maximum absolute atomic E-state index is 11.0. The van der Waals surface area contributed by atoms with Crippen LogP contribution in [0.2, 0.25) is 0 Å². The van der Waals surface area contributed by atoms with Crippen LogP contribution in [0.1, 0.15) is 29.9 Å². The van der Waals surface area contributed by atoms with Gasteiger partial charge in [-0.1, -0.05) is 18.2 Å². The van der Waals surface area contributed by atoms with Crippen LogP contribution in [-0.4, -0.2) is 16.2 Å². The normalized spacial score (nSPS) is 10.4. The summed E-state index contributed by atoms with van der Waals surface area (Å²) in [6.45, 7) is 6.61. The highest BCUT2D eigenvalue weighted by molar-refractivity contribution is 5.70. The lowest BCUT2D eigenvalue weighted by atomic mass is 10.0. The van der Waals surface area contributed by atoms with Crippen LogP contribution in [0.3, 0.4) is 0 Å². The fraction of sp³-hybridized carbons (Fsp3) is 0.308. The van der Waals surface area contributed by atoms with Gasteiger partial charge in [0, 0.05) is 18.1 Å². The van der Waals surface area contributed by atoms with Gasteiger partial charge in [0.2, 0.25) is 0 Å². The number of allylic oxidation sites excluding steroid dienone is 1. The van der Waals surface area contributed by atoms with Crippen LogP contribution in [0.15, 0.2) is 24.8 Å². The predicted octanol–water partition coefficient (Wildman–Crippen LogP) is 1.63. The lowest BCUT2D eigenvalue weighted by Crippen LogP contribution is -2.08. The minimum absolute atomic E-state index is 0.328. The number of ether oxygens (including phenoxy) is 1. The van der Waals surface area contributed by atoms with Gasteiger partial charge in [-0.15, -0.1) is 6.58 Å². The van der Waals surface area contributed by atoms with Crippen LogP contribution in [-0.2, 0) is 11.2 Å². The Kier molecular flexibility index (Phi) is 4.43. The third-order valence-corrected chi connectivity index (χ3v) is 2.42. The molecule has 1 aromatic rings. The Morgan fingerprint density at radius 2 is 2.18 bits per heavy atom. The maximum Gasteiger partial charge on any atom is 0.308 e. The number of hydrogen-bond acceptors (Lipinski definition) is 4. The molecular weight excluding hydrogens is 220 g/mol. The van der Waals surface area contributed by atoms with Crippen molar-refractivity contribution in [2.75, 3.05) is 0 Å². The first-order valence-electron chi connectivity index (χ1n) is 5.25. The SMILES string of the molecule is C=CCc1ccc(C(O)O)c(C)c1OC(C)=O. The van der Waals surface area contributed by atoms with E-state index >= 15 is 0 Å². The number of carbonyl (C=O) groups is 1. The van der Waals surface area contributed by atoms with Crippen molar-refractivity contribution in [3.8, 4) is 5.75 Å². The Morgan fingerprint density at radius 1 is 1.53 bits per heavy atom. The number of hydrogen-bond donors (Lipinski definition) is 2. The van der Waals surface area contributed by atoms with E-state index in [1.807, 2.05) is 0 Å². The zero-order valence-electron chi connectivity index (χ0n) is 9.93. The molecule has 0 atom stereocenters. The van der Waals surface area contributed by atoms with Crippen LogP contribution in [0.5, 0.6) is 5.75 Å². The van der Waals surface area contributed by atoms with Gasteiger partial charge in [-0.05, 0) is 18.9 Å². The molecule has 0 aliphatic carbocycles. The van der Waals surface area contributed by atoms with Crippen molar-refractivity contribution in [2.45, 2.75) is 26.6 Å². The minimum Gasteiger partial charge on any atom is -0.426 e. The molecule has 0 bridgehead atoms. The van der Waals surface area contributed by atoms with Crippen LogP contribution in [0.4, 0.5) is 0 Å². The van der Waals surface area contributed by atoms with E-state index in [2.05, 4.69) is 6.58 Å². The Labute approximate surface area is 100 Å². The topological polar surface area (TPSA) is 66.8 Å². The molecule has 0 aliphatic heterocycles. The zero-order valence-corrected chi connectivity index (χ0v) is 9.93. The molecule has 2 N–H and O–H groups in total. The Hall–Kier alpha value is -1.65. The first-order valence-corrected chi connectivity index (χ1v) is 5.25. The largest absolute Gasteiger partial charge is 0.426 e. The summed E-state index contributed by atoms with van der Waals surface area (Å²) < 4.78 is 5.11. The molecule has 0 aliphatic rings. The van der Waals surface area contributed by atoms with E-state index in [1.54, 1.807) is 25.1 Å². The molecule has 0 heterocycles. The third kappa shape index (κ3) is 3.15. The lowest BCUT2D eigenvalue weighted by molar-refractivity contribution is -0.132. The van der Waals surface area contributed by atoms with E-state index < -0.39 is 12.3 Å². The van der Waals surface area contributed by atoms with Crippen molar-refractivity contribution < 1.29 is 19.7 Å². The molecule has 0 radical (unpaired) electrons. The predicted molar refractivity (Wildman–Crippen MR) is 63.6 cm³/mol. The molecule has 4 heteroatoms. The van der Waals surface area contributed by atoms with Crippen molar-refractivity contribution in [2.24, 2.45) is 0 Å². The van der Waals surface area contributed by atoms with Gasteiger partial charge in [-0.3, -0.25) is 4.79 Å². The van der Waals surface area contributed by atoms with Gasteiger partial charge in [-0.2, -0.15) is 0 Å². The zero-order chi connectivity index (χ0) is 13.0. The van der Waals surface area contributed by atoms with E-state index in [1.165, 1.54) is 6.92 Å². The molecule has 0 spiro atoms. The summed E-state index contributed by atoms with van der Waals surface area (Å²) >= 11 is 0. The van der Waals surface area contributed by atoms with Crippen molar-refractivity contribution >= 4 is 5.97 Å². The second-order valence-electron chi connectivity index (χ2n) is 3.73. The van der Waals surface area contributed by atoms with Gasteiger partial charge in [0.1, 0.15) is 5.75 Å². The highest BCUT2D eigenvalue weighted by atomic mass is 16.5. The van der Waals surface area contributed by atoms with Crippen molar-refractivity contribution in [1.82, 2.24) is 0 Å². The molecule has 92 valence electrons. The summed E-state index contributed by atoms with van der Waals surface area (Å²) in [5, 5.41) is 18.4. The first kappa shape index (κ1) is 13.4. The molecule has 1 aromatic carbocycles. The van der Waals surface area contributed by atoms with E-state index in [0.717, 1.165) is 5.56 Å². The van der Waals surface area contributed by atoms with Gasteiger partial charge in [-0.25, -0.2) is 0 Å². The monoisotopic (exact) mass is 236 g/mol. The van der Waals surface area contributed by atoms with Gasteiger partial charge < -0.3 is 14.9 Å². The standard InChI is InChI=1S/C13H16O4/c1-4-5-10-6-7-11(13(15)16)8(2)12(10)17-9(3)14/h4,6-7,13,15-16H,1,5H2,2-3H3. The number of aliphatic hydroxyl groups is 2. The van der Waals surface area contributed by atoms with Crippen molar-refractivity contribution in [3.63, 3.8) is 0 Å². The summed E-state index contributed by atoms with van der Waals surface area (Å²) in [6, 6.07) is 3.30. The van der Waals surface area contributed by atoms with Crippen LogP contribution in [0.25, 0.3) is 0 Å². The molecule has 0 amide bonds. The molecule has 0 fully saturated rings. The van der Waals surface area contributed by atoms with Crippen molar-refractivity contribution in [3.05, 3.63) is 41.5 Å². The number of esters is 1. The van der Waals surface area contributed by atoms with Gasteiger partial charge in [0.15, 0.2) is 6.29 Å². The van der Waals surface area contributed by atoms with E-state index in [9.17, 15) is 15.0 Å². The second kappa shape index (κ2) is 5.61. The van der Waals surface area contributed by atoms with Crippen LogP contribution in [0, 0.1) is 6.92 Å². The molecule has 4 nitrogen and oxygen atoms in total. The number of carbonyl (C=O) groups excluding carboxylic acids is 1. The minimum atomic E-state index is -1.58. The van der Waals surface area contributed by atoms with E-state index in [-0.39, 0.29) is 0 Å². The highest BCUT2D eigenvalue weighted by Gasteiger charge is 2.15. The smallest absolute Gasteiger partial charge is 0.308 e. The Bertz CT molecular complexity index is 435. The quantitative estimate of drug-likeness (QED) is 0.361. The average molecular weight is 236 g/mol. The maximum atomic E-state index is 11.0.